The average molecular weight is 428 g/mol. The molecule has 4 atom stereocenters. The number of piperidine rings is 1. The molecule has 2 saturated heterocycles. The van der Waals surface area contributed by atoms with Crippen LogP contribution >= 0.6 is 24.8 Å². The van der Waals surface area contributed by atoms with Gasteiger partial charge in [0.25, 0.3) is 0 Å². The minimum Gasteiger partial charge on any atom is -0.353 e. The van der Waals surface area contributed by atoms with E-state index >= 15 is 0 Å². The normalized spacial score (nSPS) is 34.8. The van der Waals surface area contributed by atoms with Crippen molar-refractivity contribution in [3.8, 4) is 0 Å². The third kappa shape index (κ3) is 5.02. The van der Waals surface area contributed by atoms with E-state index in [1.807, 2.05) is 0 Å². The topological polar surface area (TPSA) is 58.4 Å². The van der Waals surface area contributed by atoms with Gasteiger partial charge in [-0.1, -0.05) is 43.2 Å². The predicted molar refractivity (Wildman–Crippen MR) is 119 cm³/mol. The smallest absolute Gasteiger partial charge is 0.225 e. The molecule has 3 aliphatic rings. The molecular formula is C22H35Cl2N3O. The van der Waals surface area contributed by atoms with E-state index in [0.717, 1.165) is 45.1 Å². The van der Waals surface area contributed by atoms with E-state index in [4.69, 9.17) is 5.73 Å². The van der Waals surface area contributed by atoms with Crippen molar-refractivity contribution in [2.24, 2.45) is 11.7 Å². The van der Waals surface area contributed by atoms with Crippen molar-refractivity contribution in [1.29, 1.82) is 0 Å². The Hall–Kier alpha value is -0.810. The van der Waals surface area contributed by atoms with Crippen molar-refractivity contribution in [2.75, 3.05) is 0 Å². The number of carbonyl (C=O) groups is 1. The zero-order chi connectivity index (χ0) is 18.1. The number of carbonyl (C=O) groups excluding carboxylic acids is 1. The second-order valence-electron chi connectivity index (χ2n) is 9.02. The minimum absolute atomic E-state index is 0. The van der Waals surface area contributed by atoms with Crippen molar-refractivity contribution in [1.82, 2.24) is 10.2 Å². The summed E-state index contributed by atoms with van der Waals surface area (Å²) in [7, 11) is 0. The highest BCUT2D eigenvalue weighted by Crippen LogP contribution is 2.37. The first-order valence-electron chi connectivity index (χ1n) is 10.4. The number of amides is 1. The first-order chi connectivity index (χ1) is 12.5. The summed E-state index contributed by atoms with van der Waals surface area (Å²) in [5.41, 5.74) is 7.49. The molecule has 2 bridgehead atoms. The van der Waals surface area contributed by atoms with Gasteiger partial charge < -0.3 is 11.1 Å². The summed E-state index contributed by atoms with van der Waals surface area (Å²) in [6, 6.07) is 12.3. The second kappa shape index (κ2) is 9.80. The Labute approximate surface area is 181 Å². The van der Waals surface area contributed by atoms with Gasteiger partial charge in [-0.05, 0) is 51.0 Å². The molecule has 3 fully saturated rings. The molecule has 2 heterocycles. The molecule has 6 heteroatoms. The summed E-state index contributed by atoms with van der Waals surface area (Å²) >= 11 is 0. The lowest BCUT2D eigenvalue weighted by Gasteiger charge is -2.41. The van der Waals surface area contributed by atoms with Gasteiger partial charge in [0.2, 0.25) is 5.91 Å². The van der Waals surface area contributed by atoms with Crippen LogP contribution in [-0.2, 0) is 11.3 Å². The molecule has 1 aromatic carbocycles. The van der Waals surface area contributed by atoms with Crippen LogP contribution in [0.25, 0.3) is 0 Å². The molecule has 1 amide bonds. The summed E-state index contributed by atoms with van der Waals surface area (Å²) in [6.07, 6.45) is 8.89. The van der Waals surface area contributed by atoms with E-state index in [9.17, 15) is 4.79 Å². The fourth-order valence-electron chi connectivity index (χ4n) is 5.54. The average Bonchev–Trinajstić information content (AvgIpc) is 2.85. The summed E-state index contributed by atoms with van der Waals surface area (Å²) in [5, 5.41) is 3.38. The molecule has 28 heavy (non-hydrogen) atoms. The summed E-state index contributed by atoms with van der Waals surface area (Å²) in [5.74, 6) is 0.187. The molecule has 1 aromatic rings. The number of benzene rings is 1. The molecule has 1 saturated carbocycles. The highest BCUT2D eigenvalue weighted by Gasteiger charge is 2.43. The first kappa shape index (κ1) is 23.5. The molecule has 4 unspecified atom stereocenters. The van der Waals surface area contributed by atoms with Crippen LogP contribution in [0.2, 0.25) is 0 Å². The number of nitrogens with one attached hydrogen (secondary N) is 1. The SMILES string of the molecule is CC1(N)CCCCC1C(=O)NC1CC2CCC(C1)N2Cc1ccccc1.Cl.Cl. The first-order valence-corrected chi connectivity index (χ1v) is 10.4. The van der Waals surface area contributed by atoms with Gasteiger partial charge >= 0.3 is 0 Å². The van der Waals surface area contributed by atoms with Crippen molar-refractivity contribution in [2.45, 2.75) is 88.5 Å². The molecule has 1 aliphatic carbocycles. The van der Waals surface area contributed by atoms with Crippen molar-refractivity contribution in [3.05, 3.63) is 35.9 Å². The van der Waals surface area contributed by atoms with E-state index < -0.39 is 0 Å². The third-order valence-electron chi connectivity index (χ3n) is 7.01. The Balaban J connectivity index is 0.00000140. The second-order valence-corrected chi connectivity index (χ2v) is 9.02. The van der Waals surface area contributed by atoms with Crippen molar-refractivity contribution < 1.29 is 4.79 Å². The van der Waals surface area contributed by atoms with Crippen LogP contribution in [0, 0.1) is 5.92 Å². The molecule has 0 spiro atoms. The van der Waals surface area contributed by atoms with Crippen LogP contribution in [-0.4, -0.2) is 34.5 Å². The standard InChI is InChI=1S/C22H33N3O.2ClH/c1-22(23)12-6-5-9-20(22)21(26)24-17-13-18-10-11-19(14-17)25(18)15-16-7-3-2-4-8-16;;/h2-4,7-8,17-20H,5-6,9-15,23H2,1H3,(H,24,26);2*1H. The van der Waals surface area contributed by atoms with Gasteiger partial charge in [0, 0.05) is 30.2 Å². The molecule has 4 rings (SSSR count). The lowest BCUT2D eigenvalue weighted by Crippen LogP contribution is -2.56. The van der Waals surface area contributed by atoms with Crippen LogP contribution in [0.1, 0.15) is 63.9 Å². The van der Waals surface area contributed by atoms with E-state index in [0.29, 0.717) is 18.1 Å². The van der Waals surface area contributed by atoms with E-state index in [1.54, 1.807) is 0 Å². The lowest BCUT2D eigenvalue weighted by atomic mass is 9.74. The summed E-state index contributed by atoms with van der Waals surface area (Å²) in [6.45, 7) is 3.10. The fraction of sp³-hybridized carbons (Fsp3) is 0.682. The van der Waals surface area contributed by atoms with Gasteiger partial charge in [0.05, 0.1) is 5.92 Å². The van der Waals surface area contributed by atoms with Crippen molar-refractivity contribution >= 4 is 30.7 Å². The lowest BCUT2D eigenvalue weighted by molar-refractivity contribution is -0.129. The van der Waals surface area contributed by atoms with Crippen LogP contribution < -0.4 is 11.1 Å². The number of fused-ring (bicyclic) bond motifs is 2. The number of rotatable bonds is 4. The summed E-state index contributed by atoms with van der Waals surface area (Å²) < 4.78 is 0. The van der Waals surface area contributed by atoms with Crippen LogP contribution in [0.15, 0.2) is 30.3 Å². The van der Waals surface area contributed by atoms with Gasteiger partial charge in [0.1, 0.15) is 0 Å². The number of halogens is 2. The van der Waals surface area contributed by atoms with E-state index in [1.165, 1.54) is 18.4 Å². The number of nitrogens with zero attached hydrogens (tertiary/aromatic N) is 1. The number of hydrogen-bond donors (Lipinski definition) is 2. The fourth-order valence-corrected chi connectivity index (χ4v) is 5.54. The third-order valence-corrected chi connectivity index (χ3v) is 7.01. The Kier molecular flexibility index (Phi) is 8.21. The molecule has 3 N–H and O–H groups in total. The largest absolute Gasteiger partial charge is 0.353 e. The van der Waals surface area contributed by atoms with Gasteiger partial charge in [-0.15, -0.1) is 24.8 Å². The van der Waals surface area contributed by atoms with Gasteiger partial charge in [-0.3, -0.25) is 9.69 Å². The molecule has 0 radical (unpaired) electrons. The maximum atomic E-state index is 12.9. The van der Waals surface area contributed by atoms with Gasteiger partial charge in [0.15, 0.2) is 0 Å². The zero-order valence-electron chi connectivity index (χ0n) is 16.8. The van der Waals surface area contributed by atoms with Gasteiger partial charge in [-0.2, -0.15) is 0 Å². The number of nitrogens with two attached hydrogens (primary N) is 1. The molecule has 0 aromatic heterocycles. The Morgan fingerprint density at radius 3 is 2.36 bits per heavy atom. The van der Waals surface area contributed by atoms with Crippen molar-refractivity contribution in [3.63, 3.8) is 0 Å². The number of hydrogen-bond acceptors (Lipinski definition) is 3. The minimum atomic E-state index is -0.338. The highest BCUT2D eigenvalue weighted by atomic mass is 35.5. The van der Waals surface area contributed by atoms with Crippen LogP contribution in [0.4, 0.5) is 0 Å². The predicted octanol–water partition coefficient (Wildman–Crippen LogP) is 4.05. The highest BCUT2D eigenvalue weighted by molar-refractivity contribution is 5.85. The Morgan fingerprint density at radius 2 is 1.75 bits per heavy atom. The van der Waals surface area contributed by atoms with E-state index in [2.05, 4.69) is 47.5 Å². The van der Waals surface area contributed by atoms with E-state index in [-0.39, 0.29) is 42.2 Å². The van der Waals surface area contributed by atoms with Gasteiger partial charge in [-0.25, -0.2) is 0 Å². The quantitative estimate of drug-likeness (QED) is 0.761. The molecule has 2 aliphatic heterocycles. The Bertz CT molecular complexity index is 626. The maximum absolute atomic E-state index is 12.9. The molecule has 4 nitrogen and oxygen atoms in total. The molecule has 158 valence electrons. The van der Waals surface area contributed by atoms with Crippen LogP contribution in [0.3, 0.4) is 0 Å². The van der Waals surface area contributed by atoms with Crippen LogP contribution in [0.5, 0.6) is 0 Å². The monoisotopic (exact) mass is 427 g/mol. The summed E-state index contributed by atoms with van der Waals surface area (Å²) in [4.78, 5) is 15.6. The maximum Gasteiger partial charge on any atom is 0.225 e. The zero-order valence-corrected chi connectivity index (χ0v) is 18.4. The molecular weight excluding hydrogens is 393 g/mol. The Morgan fingerprint density at radius 1 is 1.11 bits per heavy atom.